The van der Waals surface area contributed by atoms with Gasteiger partial charge in [0.05, 0.1) is 10.6 Å². The number of aromatic amines is 1. The van der Waals surface area contributed by atoms with E-state index in [4.69, 9.17) is 0 Å². The molecule has 2 heterocycles. The van der Waals surface area contributed by atoms with Gasteiger partial charge >= 0.3 is 0 Å². The monoisotopic (exact) mass is 232 g/mol. The third-order valence-electron chi connectivity index (χ3n) is 2.75. The molecule has 17 heavy (non-hydrogen) atoms. The van der Waals surface area contributed by atoms with E-state index < -0.39 is 4.92 Å². The average molecular weight is 232 g/mol. The first kappa shape index (κ1) is 9.70. The first-order chi connectivity index (χ1) is 8.25. The highest BCUT2D eigenvalue weighted by atomic mass is 16.6. The van der Waals surface area contributed by atoms with Crippen LogP contribution in [0.2, 0.25) is 0 Å². The highest BCUT2D eigenvalue weighted by molar-refractivity contribution is 5.68. The van der Waals surface area contributed by atoms with E-state index in [1.54, 1.807) is 12.1 Å². The van der Waals surface area contributed by atoms with E-state index >= 15 is 0 Å². The summed E-state index contributed by atoms with van der Waals surface area (Å²) in [6, 6.07) is 4.82. The number of fused-ring (bicyclic) bond motifs is 1. The maximum Gasteiger partial charge on any atom is 0.271 e. The third kappa shape index (κ3) is 1.50. The molecule has 0 spiro atoms. The number of anilines is 2. The van der Waals surface area contributed by atoms with E-state index in [1.165, 1.54) is 6.07 Å². The van der Waals surface area contributed by atoms with Crippen molar-refractivity contribution < 1.29 is 4.92 Å². The molecule has 3 rings (SSSR count). The van der Waals surface area contributed by atoms with Crippen LogP contribution in [-0.4, -0.2) is 32.1 Å². The molecule has 1 aliphatic rings. The number of aromatic nitrogens is 4. The maximum atomic E-state index is 10.7. The summed E-state index contributed by atoms with van der Waals surface area (Å²) in [5.41, 5.74) is 1.90. The summed E-state index contributed by atoms with van der Waals surface area (Å²) < 4.78 is 0. The molecular formula is C9H8N6O2. The number of nitrogens with zero attached hydrogens (tertiary/aromatic N) is 5. The second-order valence-electron chi connectivity index (χ2n) is 3.68. The second kappa shape index (κ2) is 3.51. The SMILES string of the molecule is O=[N+]([O-])c1ccc2c(c1)N(c1nn[nH]n1)CC2. The molecular weight excluding hydrogens is 224 g/mol. The van der Waals surface area contributed by atoms with Gasteiger partial charge in [0.25, 0.3) is 11.6 Å². The lowest BCUT2D eigenvalue weighted by Gasteiger charge is -2.13. The number of nitro groups is 1. The molecule has 0 fully saturated rings. The Labute approximate surface area is 95.4 Å². The largest absolute Gasteiger partial charge is 0.307 e. The zero-order valence-electron chi connectivity index (χ0n) is 8.70. The Bertz CT molecular complexity index is 567. The summed E-state index contributed by atoms with van der Waals surface area (Å²) in [6.45, 7) is 0.704. The molecule has 0 aliphatic carbocycles. The molecule has 8 nitrogen and oxygen atoms in total. The van der Waals surface area contributed by atoms with Crippen LogP contribution in [0.15, 0.2) is 18.2 Å². The number of benzene rings is 1. The van der Waals surface area contributed by atoms with Crippen LogP contribution >= 0.6 is 0 Å². The summed E-state index contributed by atoms with van der Waals surface area (Å²) in [6.07, 6.45) is 0.821. The lowest BCUT2D eigenvalue weighted by molar-refractivity contribution is -0.384. The quantitative estimate of drug-likeness (QED) is 0.607. The molecule has 0 atom stereocenters. The lowest BCUT2D eigenvalue weighted by Crippen LogP contribution is -2.14. The number of H-pyrrole nitrogens is 1. The highest BCUT2D eigenvalue weighted by Gasteiger charge is 2.25. The lowest BCUT2D eigenvalue weighted by atomic mass is 10.1. The van der Waals surface area contributed by atoms with Gasteiger partial charge in [0.2, 0.25) is 0 Å². The van der Waals surface area contributed by atoms with Crippen molar-refractivity contribution in [1.82, 2.24) is 20.6 Å². The second-order valence-corrected chi connectivity index (χ2v) is 3.68. The van der Waals surface area contributed by atoms with Crippen LogP contribution in [0.5, 0.6) is 0 Å². The molecule has 1 aliphatic heterocycles. The number of non-ortho nitro benzene ring substituents is 1. The summed E-state index contributed by atoms with van der Waals surface area (Å²) in [5.74, 6) is 0.434. The average Bonchev–Trinajstić information content (AvgIpc) is 2.96. The van der Waals surface area contributed by atoms with Gasteiger partial charge in [-0.3, -0.25) is 10.1 Å². The van der Waals surface area contributed by atoms with Crippen LogP contribution in [0.1, 0.15) is 5.56 Å². The number of hydrogen-bond donors (Lipinski definition) is 1. The predicted molar refractivity (Wildman–Crippen MR) is 58.0 cm³/mol. The van der Waals surface area contributed by atoms with E-state index in [-0.39, 0.29) is 5.69 Å². The molecule has 2 aromatic rings. The van der Waals surface area contributed by atoms with Gasteiger partial charge in [0.1, 0.15) is 0 Å². The summed E-state index contributed by atoms with van der Waals surface area (Å²) in [7, 11) is 0. The Kier molecular flexibility index (Phi) is 2.00. The Hall–Kier alpha value is -2.51. The fourth-order valence-electron chi connectivity index (χ4n) is 1.96. The first-order valence-electron chi connectivity index (χ1n) is 5.04. The minimum absolute atomic E-state index is 0.0687. The highest BCUT2D eigenvalue weighted by Crippen LogP contribution is 2.34. The van der Waals surface area contributed by atoms with E-state index in [0.717, 1.165) is 17.7 Å². The number of rotatable bonds is 2. The van der Waals surface area contributed by atoms with Crippen molar-refractivity contribution in [2.75, 3.05) is 11.4 Å². The molecule has 1 N–H and O–H groups in total. The molecule has 1 aromatic carbocycles. The fourth-order valence-corrected chi connectivity index (χ4v) is 1.96. The minimum atomic E-state index is -0.410. The van der Waals surface area contributed by atoms with Gasteiger partial charge < -0.3 is 4.90 Å². The van der Waals surface area contributed by atoms with Crippen LogP contribution in [0.3, 0.4) is 0 Å². The molecule has 0 radical (unpaired) electrons. The van der Waals surface area contributed by atoms with Gasteiger partial charge in [-0.15, -0.1) is 5.10 Å². The summed E-state index contributed by atoms with van der Waals surface area (Å²) in [4.78, 5) is 12.1. The standard InChI is InChI=1S/C9H8N6O2/c16-15(17)7-2-1-6-3-4-14(8(6)5-7)9-10-12-13-11-9/h1-2,5H,3-4H2,(H,10,11,12,13). The Balaban J connectivity index is 2.06. The zero-order chi connectivity index (χ0) is 11.8. The summed E-state index contributed by atoms with van der Waals surface area (Å²) >= 11 is 0. The number of nitrogens with one attached hydrogen (secondary N) is 1. The predicted octanol–water partition coefficient (Wildman–Crippen LogP) is 0.802. The number of nitro benzene ring substituents is 1. The van der Waals surface area contributed by atoms with Crippen LogP contribution in [0.4, 0.5) is 17.3 Å². The van der Waals surface area contributed by atoms with Crippen molar-refractivity contribution in [3.63, 3.8) is 0 Å². The van der Waals surface area contributed by atoms with E-state index in [0.29, 0.717) is 12.5 Å². The molecule has 0 amide bonds. The topological polar surface area (TPSA) is 101 Å². The molecule has 8 heteroatoms. The summed E-state index contributed by atoms with van der Waals surface area (Å²) in [5, 5.41) is 24.3. The van der Waals surface area contributed by atoms with E-state index in [1.807, 2.05) is 4.90 Å². The van der Waals surface area contributed by atoms with Gasteiger partial charge in [-0.1, -0.05) is 11.2 Å². The van der Waals surface area contributed by atoms with Crippen LogP contribution in [-0.2, 0) is 6.42 Å². The van der Waals surface area contributed by atoms with Crippen molar-refractivity contribution in [2.45, 2.75) is 6.42 Å². The third-order valence-corrected chi connectivity index (χ3v) is 2.75. The smallest absolute Gasteiger partial charge is 0.271 e. The molecule has 0 unspecified atom stereocenters. The molecule has 1 aromatic heterocycles. The van der Waals surface area contributed by atoms with Gasteiger partial charge in [0.15, 0.2) is 0 Å². The van der Waals surface area contributed by atoms with Gasteiger partial charge in [-0.2, -0.15) is 5.21 Å². The molecule has 86 valence electrons. The maximum absolute atomic E-state index is 10.7. The van der Waals surface area contributed by atoms with Gasteiger partial charge in [-0.25, -0.2) is 0 Å². The minimum Gasteiger partial charge on any atom is -0.307 e. The van der Waals surface area contributed by atoms with Crippen molar-refractivity contribution in [1.29, 1.82) is 0 Å². The van der Waals surface area contributed by atoms with Gasteiger partial charge in [0, 0.05) is 18.7 Å². The Morgan fingerprint density at radius 3 is 3.06 bits per heavy atom. The van der Waals surface area contributed by atoms with Gasteiger partial charge in [-0.05, 0) is 17.2 Å². The van der Waals surface area contributed by atoms with Crippen LogP contribution in [0.25, 0.3) is 0 Å². The van der Waals surface area contributed by atoms with Crippen molar-refractivity contribution in [2.24, 2.45) is 0 Å². The zero-order valence-corrected chi connectivity index (χ0v) is 8.70. The van der Waals surface area contributed by atoms with E-state index in [2.05, 4.69) is 20.6 Å². The fraction of sp³-hybridized carbons (Fsp3) is 0.222. The van der Waals surface area contributed by atoms with Crippen molar-refractivity contribution in [3.8, 4) is 0 Å². The molecule has 0 bridgehead atoms. The van der Waals surface area contributed by atoms with Crippen LogP contribution < -0.4 is 4.90 Å². The molecule has 0 saturated carbocycles. The van der Waals surface area contributed by atoms with E-state index in [9.17, 15) is 10.1 Å². The van der Waals surface area contributed by atoms with Crippen molar-refractivity contribution >= 4 is 17.3 Å². The molecule has 0 saturated heterocycles. The Morgan fingerprint density at radius 2 is 2.35 bits per heavy atom. The Morgan fingerprint density at radius 1 is 1.47 bits per heavy atom. The first-order valence-corrected chi connectivity index (χ1v) is 5.04. The van der Waals surface area contributed by atoms with Crippen molar-refractivity contribution in [3.05, 3.63) is 33.9 Å². The number of tetrazole rings is 1. The van der Waals surface area contributed by atoms with Crippen LogP contribution in [0, 0.1) is 10.1 Å². The number of hydrogen-bond acceptors (Lipinski definition) is 6. The normalized spacial score (nSPS) is 13.8.